The van der Waals surface area contributed by atoms with Gasteiger partial charge in [0.05, 0.1) is 11.3 Å². The molecule has 0 amide bonds. The second kappa shape index (κ2) is 5.15. The number of methoxy groups -OCH3 is 1. The predicted octanol–water partition coefficient (Wildman–Crippen LogP) is 2.48. The third-order valence-corrected chi connectivity index (χ3v) is 5.08. The Balaban J connectivity index is 2.19. The Kier molecular flexibility index (Phi) is 3.94. The van der Waals surface area contributed by atoms with Gasteiger partial charge in [-0.2, -0.15) is 0 Å². The summed E-state index contributed by atoms with van der Waals surface area (Å²) in [4.78, 5) is 8.18. The number of aryl methyl sites for hydroxylation is 1. The third kappa shape index (κ3) is 2.68. The molecule has 1 aliphatic heterocycles. The zero-order valence-corrected chi connectivity index (χ0v) is 12.5. The van der Waals surface area contributed by atoms with Crippen LogP contribution in [-0.2, 0) is 4.74 Å². The van der Waals surface area contributed by atoms with Crippen LogP contribution in [0.5, 0.6) is 0 Å². The van der Waals surface area contributed by atoms with Crippen LogP contribution < -0.4 is 10.6 Å². The van der Waals surface area contributed by atoms with Gasteiger partial charge in [0.2, 0.25) is 0 Å². The number of aromatic nitrogens is 1. The van der Waals surface area contributed by atoms with Gasteiger partial charge in [0, 0.05) is 31.1 Å². The molecular weight excluding hydrogens is 246 g/mol. The zero-order chi connectivity index (χ0) is 13.3. The van der Waals surface area contributed by atoms with Crippen molar-refractivity contribution in [3.8, 4) is 0 Å². The molecule has 0 aliphatic carbocycles. The highest BCUT2D eigenvalue weighted by Gasteiger charge is 2.32. The monoisotopic (exact) mass is 269 g/mol. The Morgan fingerprint density at radius 3 is 2.83 bits per heavy atom. The first-order valence-corrected chi connectivity index (χ1v) is 7.30. The summed E-state index contributed by atoms with van der Waals surface area (Å²) in [5.41, 5.74) is 6.98. The molecule has 2 atom stereocenters. The van der Waals surface area contributed by atoms with Gasteiger partial charge >= 0.3 is 0 Å². The smallest absolute Gasteiger partial charge is 0.185 e. The number of piperidine rings is 1. The molecule has 2 N–H and O–H groups in total. The van der Waals surface area contributed by atoms with Crippen LogP contribution in [0.15, 0.2) is 0 Å². The van der Waals surface area contributed by atoms with Crippen LogP contribution in [0.25, 0.3) is 0 Å². The molecule has 1 aliphatic rings. The van der Waals surface area contributed by atoms with E-state index in [1.807, 2.05) is 13.8 Å². The summed E-state index contributed by atoms with van der Waals surface area (Å²) in [6.45, 7) is 8.20. The number of nitrogens with zero attached hydrogens (tertiary/aromatic N) is 2. The van der Waals surface area contributed by atoms with Crippen LogP contribution in [0.3, 0.4) is 0 Å². The van der Waals surface area contributed by atoms with Crippen molar-refractivity contribution in [2.24, 2.45) is 5.73 Å². The van der Waals surface area contributed by atoms with Crippen LogP contribution >= 0.6 is 11.3 Å². The first kappa shape index (κ1) is 13.8. The fraction of sp³-hybridized carbons (Fsp3) is 0.769. The van der Waals surface area contributed by atoms with Crippen LogP contribution in [0.2, 0.25) is 0 Å². The van der Waals surface area contributed by atoms with Gasteiger partial charge in [0.1, 0.15) is 0 Å². The van der Waals surface area contributed by atoms with Crippen molar-refractivity contribution in [2.45, 2.75) is 45.3 Å². The first-order chi connectivity index (χ1) is 8.45. The molecule has 2 unspecified atom stereocenters. The molecule has 102 valence electrons. The summed E-state index contributed by atoms with van der Waals surface area (Å²) in [6.07, 6.45) is 2.26. The Hall–Kier alpha value is -0.650. The number of rotatable bonds is 3. The molecule has 0 saturated carbocycles. The van der Waals surface area contributed by atoms with Crippen molar-refractivity contribution >= 4 is 16.5 Å². The lowest BCUT2D eigenvalue weighted by Crippen LogP contribution is -2.47. The molecule has 0 aromatic carbocycles. The van der Waals surface area contributed by atoms with Gasteiger partial charge in [-0.15, -0.1) is 11.3 Å². The lowest BCUT2D eigenvalue weighted by Gasteiger charge is -2.39. The number of nitrogens with two attached hydrogens (primary N) is 1. The minimum Gasteiger partial charge on any atom is -0.377 e. The molecule has 0 spiro atoms. The van der Waals surface area contributed by atoms with Gasteiger partial charge in [-0.05, 0) is 33.6 Å². The highest BCUT2D eigenvalue weighted by Crippen LogP contribution is 2.33. The Morgan fingerprint density at radius 2 is 2.28 bits per heavy atom. The van der Waals surface area contributed by atoms with Gasteiger partial charge in [0.25, 0.3) is 0 Å². The second-order valence-corrected chi connectivity index (χ2v) is 6.42. The van der Waals surface area contributed by atoms with Crippen molar-refractivity contribution in [3.63, 3.8) is 0 Å². The number of anilines is 1. The Morgan fingerprint density at radius 1 is 1.56 bits per heavy atom. The second-order valence-electron chi connectivity index (χ2n) is 5.41. The van der Waals surface area contributed by atoms with Crippen molar-refractivity contribution in [3.05, 3.63) is 10.6 Å². The molecule has 0 radical (unpaired) electrons. The third-order valence-electron chi connectivity index (χ3n) is 3.66. The van der Waals surface area contributed by atoms with Crippen LogP contribution in [-0.4, -0.2) is 30.8 Å². The molecule has 18 heavy (non-hydrogen) atoms. The highest BCUT2D eigenvalue weighted by atomic mass is 32.1. The molecule has 1 aromatic heterocycles. The van der Waals surface area contributed by atoms with E-state index in [1.165, 1.54) is 4.88 Å². The highest BCUT2D eigenvalue weighted by molar-refractivity contribution is 7.15. The number of hydrogen-bond donors (Lipinski definition) is 1. The minimum atomic E-state index is -0.0493. The molecule has 1 aromatic rings. The molecule has 2 rings (SSSR count). The molecule has 2 heterocycles. The normalized spacial score (nSPS) is 26.4. The van der Waals surface area contributed by atoms with Gasteiger partial charge < -0.3 is 15.4 Å². The van der Waals surface area contributed by atoms with Crippen molar-refractivity contribution < 1.29 is 4.74 Å². The van der Waals surface area contributed by atoms with Gasteiger partial charge in [0.15, 0.2) is 5.13 Å². The fourth-order valence-electron chi connectivity index (χ4n) is 2.49. The summed E-state index contributed by atoms with van der Waals surface area (Å²) in [5, 5.41) is 1.09. The first-order valence-electron chi connectivity index (χ1n) is 6.48. The van der Waals surface area contributed by atoms with E-state index >= 15 is 0 Å². The number of ether oxygens (including phenoxy) is 1. The van der Waals surface area contributed by atoms with Crippen LogP contribution in [0, 0.1) is 6.92 Å². The van der Waals surface area contributed by atoms with E-state index in [-0.39, 0.29) is 11.6 Å². The maximum Gasteiger partial charge on any atom is 0.185 e. The van der Waals surface area contributed by atoms with E-state index in [4.69, 9.17) is 10.5 Å². The predicted molar refractivity (Wildman–Crippen MR) is 76.3 cm³/mol. The Bertz CT molecular complexity index is 418. The molecular formula is C13H23N3OS. The van der Waals surface area contributed by atoms with Gasteiger partial charge in [-0.3, -0.25) is 0 Å². The lowest BCUT2D eigenvalue weighted by atomic mass is 9.95. The summed E-state index contributed by atoms with van der Waals surface area (Å²) >= 11 is 1.72. The SMILES string of the molecule is COC1(C)CCCN(c2nc(C)c(C(C)N)s2)C1. The van der Waals surface area contributed by atoms with E-state index < -0.39 is 0 Å². The molecule has 1 fully saturated rings. The molecule has 0 bridgehead atoms. The quantitative estimate of drug-likeness (QED) is 0.916. The fourth-order valence-corrected chi connectivity index (χ4v) is 3.53. The summed E-state index contributed by atoms with van der Waals surface area (Å²) in [5.74, 6) is 0. The molecule has 4 nitrogen and oxygen atoms in total. The largest absolute Gasteiger partial charge is 0.377 e. The van der Waals surface area contributed by atoms with E-state index in [9.17, 15) is 0 Å². The minimum absolute atomic E-state index is 0.0493. The maximum absolute atomic E-state index is 5.96. The average Bonchev–Trinajstić information content (AvgIpc) is 2.72. The number of thiazole rings is 1. The summed E-state index contributed by atoms with van der Waals surface area (Å²) < 4.78 is 5.63. The molecule has 5 heteroatoms. The van der Waals surface area contributed by atoms with E-state index in [1.54, 1.807) is 18.4 Å². The maximum atomic E-state index is 5.96. The van der Waals surface area contributed by atoms with E-state index in [0.717, 1.165) is 36.8 Å². The topological polar surface area (TPSA) is 51.4 Å². The zero-order valence-electron chi connectivity index (χ0n) is 11.7. The summed E-state index contributed by atoms with van der Waals surface area (Å²) in [6, 6.07) is 0.0647. The lowest BCUT2D eigenvalue weighted by molar-refractivity contribution is -0.00466. The van der Waals surface area contributed by atoms with Crippen molar-refractivity contribution in [1.29, 1.82) is 0 Å². The van der Waals surface area contributed by atoms with Crippen molar-refractivity contribution in [1.82, 2.24) is 4.98 Å². The van der Waals surface area contributed by atoms with E-state index in [0.29, 0.717) is 0 Å². The summed E-state index contributed by atoms with van der Waals surface area (Å²) in [7, 11) is 1.80. The standard InChI is InChI=1S/C13H23N3OS/c1-9(14)11-10(2)15-12(18-11)16-7-5-6-13(3,8-16)17-4/h9H,5-8,14H2,1-4H3. The van der Waals surface area contributed by atoms with Crippen LogP contribution in [0.1, 0.15) is 43.3 Å². The van der Waals surface area contributed by atoms with Gasteiger partial charge in [-0.25, -0.2) is 4.98 Å². The Labute approximate surface area is 113 Å². The van der Waals surface area contributed by atoms with Crippen molar-refractivity contribution in [2.75, 3.05) is 25.1 Å². The van der Waals surface area contributed by atoms with E-state index in [2.05, 4.69) is 16.8 Å². The molecule has 1 saturated heterocycles. The van der Waals surface area contributed by atoms with Gasteiger partial charge in [-0.1, -0.05) is 0 Å². The average molecular weight is 269 g/mol. The van der Waals surface area contributed by atoms with Crippen LogP contribution in [0.4, 0.5) is 5.13 Å². The number of hydrogen-bond acceptors (Lipinski definition) is 5.